The topological polar surface area (TPSA) is 38.0 Å². The summed E-state index contributed by atoms with van der Waals surface area (Å²) < 4.78 is 13.3. The van der Waals surface area contributed by atoms with Crippen LogP contribution in [0.15, 0.2) is 42.5 Å². The summed E-state index contributed by atoms with van der Waals surface area (Å²) in [5.74, 6) is -0.326. The monoisotopic (exact) mass is 286 g/mol. The van der Waals surface area contributed by atoms with E-state index >= 15 is 0 Å². The Hall–Kier alpha value is -1.94. The highest BCUT2D eigenvalue weighted by Crippen LogP contribution is 2.26. The van der Waals surface area contributed by atoms with E-state index in [9.17, 15) is 4.39 Å². The third-order valence-corrected chi connectivity index (χ3v) is 3.88. The lowest BCUT2D eigenvalue weighted by atomic mass is 10.1. The van der Waals surface area contributed by atoms with Crippen LogP contribution in [0.4, 0.5) is 10.1 Å². The van der Waals surface area contributed by atoms with Crippen molar-refractivity contribution in [1.29, 1.82) is 0 Å². The first-order valence-electron chi connectivity index (χ1n) is 6.56. The number of thiocarbonyl (C=S) groups is 1. The second kappa shape index (κ2) is 5.21. The van der Waals surface area contributed by atoms with E-state index in [1.54, 1.807) is 6.07 Å². The minimum atomic E-state index is -0.326. The number of nitrogens with two attached hydrogens (primary N) is 1. The van der Waals surface area contributed by atoms with Gasteiger partial charge < -0.3 is 11.1 Å². The molecule has 0 spiro atoms. The van der Waals surface area contributed by atoms with Crippen LogP contribution in [0.1, 0.15) is 16.7 Å². The molecule has 4 heteroatoms. The number of rotatable bonds is 3. The second-order valence-electron chi connectivity index (χ2n) is 5.07. The Bertz CT molecular complexity index is 644. The van der Waals surface area contributed by atoms with Crippen LogP contribution in [-0.4, -0.2) is 11.0 Å². The molecule has 0 bridgehead atoms. The highest BCUT2D eigenvalue weighted by atomic mass is 32.1. The van der Waals surface area contributed by atoms with Gasteiger partial charge in [0, 0.05) is 17.3 Å². The number of halogens is 1. The maximum Gasteiger partial charge on any atom is 0.124 e. The van der Waals surface area contributed by atoms with Gasteiger partial charge in [-0.2, -0.15) is 0 Å². The van der Waals surface area contributed by atoms with E-state index in [1.807, 2.05) is 0 Å². The van der Waals surface area contributed by atoms with Crippen LogP contribution in [0.2, 0.25) is 0 Å². The van der Waals surface area contributed by atoms with Gasteiger partial charge in [-0.1, -0.05) is 36.5 Å². The molecule has 0 fully saturated rings. The molecule has 0 saturated carbocycles. The Morgan fingerprint density at radius 3 is 2.40 bits per heavy atom. The molecule has 20 heavy (non-hydrogen) atoms. The molecule has 0 amide bonds. The number of fused-ring (bicyclic) bond motifs is 1. The minimum Gasteiger partial charge on any atom is -0.389 e. The summed E-state index contributed by atoms with van der Waals surface area (Å²) in [5, 5.41) is 3.43. The molecule has 0 unspecified atom stereocenters. The van der Waals surface area contributed by atoms with Crippen molar-refractivity contribution in [2.45, 2.75) is 18.9 Å². The molecule has 2 aromatic rings. The largest absolute Gasteiger partial charge is 0.389 e. The van der Waals surface area contributed by atoms with Gasteiger partial charge in [0.1, 0.15) is 10.8 Å². The highest BCUT2D eigenvalue weighted by molar-refractivity contribution is 7.80. The molecule has 2 nitrogen and oxygen atoms in total. The summed E-state index contributed by atoms with van der Waals surface area (Å²) in [5.41, 5.74) is 9.76. The quantitative estimate of drug-likeness (QED) is 0.852. The van der Waals surface area contributed by atoms with E-state index in [2.05, 4.69) is 29.6 Å². The molecule has 0 heterocycles. The fraction of sp³-hybridized carbons (Fsp3) is 0.188. The van der Waals surface area contributed by atoms with E-state index < -0.39 is 0 Å². The molecule has 0 radical (unpaired) electrons. The molecular weight excluding hydrogens is 271 g/mol. The molecule has 3 N–H and O–H groups in total. The average Bonchev–Trinajstić information content (AvgIpc) is 2.82. The van der Waals surface area contributed by atoms with E-state index in [4.69, 9.17) is 18.0 Å². The van der Waals surface area contributed by atoms with Crippen molar-refractivity contribution in [3.63, 3.8) is 0 Å². The zero-order valence-electron chi connectivity index (χ0n) is 10.9. The molecule has 1 aliphatic rings. The maximum absolute atomic E-state index is 13.3. The van der Waals surface area contributed by atoms with E-state index in [0.717, 1.165) is 18.5 Å². The maximum atomic E-state index is 13.3. The van der Waals surface area contributed by atoms with Gasteiger partial charge in [-0.25, -0.2) is 4.39 Å². The number of anilines is 1. The first kappa shape index (κ1) is 13.1. The van der Waals surface area contributed by atoms with Crippen molar-refractivity contribution in [3.05, 3.63) is 65.0 Å². The van der Waals surface area contributed by atoms with Crippen LogP contribution in [0.25, 0.3) is 0 Å². The van der Waals surface area contributed by atoms with E-state index in [0.29, 0.717) is 11.6 Å². The smallest absolute Gasteiger partial charge is 0.124 e. The Labute approximate surface area is 122 Å². The van der Waals surface area contributed by atoms with E-state index in [1.165, 1.54) is 23.3 Å². The minimum absolute atomic E-state index is 0.211. The molecular formula is C16H15FN2S. The van der Waals surface area contributed by atoms with Crippen molar-refractivity contribution in [3.8, 4) is 0 Å². The third kappa shape index (κ3) is 2.51. The normalized spacial score (nSPS) is 14.1. The van der Waals surface area contributed by atoms with Crippen molar-refractivity contribution in [2.75, 3.05) is 5.32 Å². The van der Waals surface area contributed by atoms with Gasteiger partial charge in [-0.05, 0) is 42.2 Å². The first-order valence-corrected chi connectivity index (χ1v) is 6.97. The van der Waals surface area contributed by atoms with Crippen LogP contribution in [-0.2, 0) is 12.8 Å². The summed E-state index contributed by atoms with van der Waals surface area (Å²) in [7, 11) is 0. The number of hydrogen-bond donors (Lipinski definition) is 2. The second-order valence-corrected chi connectivity index (χ2v) is 5.51. The van der Waals surface area contributed by atoms with Crippen LogP contribution < -0.4 is 11.1 Å². The first-order chi connectivity index (χ1) is 9.63. The van der Waals surface area contributed by atoms with Crippen LogP contribution >= 0.6 is 12.2 Å². The third-order valence-electron chi connectivity index (χ3n) is 3.66. The van der Waals surface area contributed by atoms with Crippen molar-refractivity contribution in [2.24, 2.45) is 5.73 Å². The van der Waals surface area contributed by atoms with Gasteiger partial charge in [-0.15, -0.1) is 0 Å². The lowest BCUT2D eigenvalue weighted by molar-refractivity contribution is 0.627. The molecule has 1 aliphatic carbocycles. The molecule has 102 valence electrons. The summed E-state index contributed by atoms with van der Waals surface area (Å²) in [4.78, 5) is 0.211. The van der Waals surface area contributed by atoms with E-state index in [-0.39, 0.29) is 10.8 Å². The molecule has 0 atom stereocenters. The van der Waals surface area contributed by atoms with Crippen LogP contribution in [0, 0.1) is 5.82 Å². The standard InChI is InChI=1S/C16H15FN2S/c17-12-5-6-15(14(9-12)16(18)20)19-13-7-10-3-1-2-4-11(10)8-13/h1-6,9,13,19H,7-8H2,(H2,18,20). The zero-order chi connectivity index (χ0) is 14.1. The van der Waals surface area contributed by atoms with Crippen LogP contribution in [0.5, 0.6) is 0 Å². The molecule has 3 rings (SSSR count). The van der Waals surface area contributed by atoms with Crippen LogP contribution in [0.3, 0.4) is 0 Å². The fourth-order valence-corrected chi connectivity index (χ4v) is 2.90. The Balaban J connectivity index is 1.82. The molecule has 2 aromatic carbocycles. The Morgan fingerprint density at radius 1 is 1.15 bits per heavy atom. The SMILES string of the molecule is NC(=S)c1cc(F)ccc1NC1Cc2ccccc2C1. The lowest BCUT2D eigenvalue weighted by Gasteiger charge is -2.16. The summed E-state index contributed by atoms with van der Waals surface area (Å²) in [6, 6.07) is 13.2. The van der Waals surface area contributed by atoms with Gasteiger partial charge >= 0.3 is 0 Å². The fourth-order valence-electron chi connectivity index (χ4n) is 2.73. The van der Waals surface area contributed by atoms with Gasteiger partial charge in [0.05, 0.1) is 0 Å². The predicted molar refractivity (Wildman–Crippen MR) is 83.5 cm³/mol. The van der Waals surface area contributed by atoms with Gasteiger partial charge in [0.2, 0.25) is 0 Å². The zero-order valence-corrected chi connectivity index (χ0v) is 11.7. The number of benzene rings is 2. The Kier molecular flexibility index (Phi) is 3.40. The lowest BCUT2D eigenvalue weighted by Crippen LogP contribution is -2.22. The molecule has 0 aromatic heterocycles. The van der Waals surface area contributed by atoms with Gasteiger partial charge in [-0.3, -0.25) is 0 Å². The summed E-state index contributed by atoms with van der Waals surface area (Å²) in [6.45, 7) is 0. The van der Waals surface area contributed by atoms with Gasteiger partial charge in [0.15, 0.2) is 0 Å². The number of nitrogens with one attached hydrogen (secondary N) is 1. The summed E-state index contributed by atoms with van der Waals surface area (Å²) in [6.07, 6.45) is 1.93. The van der Waals surface area contributed by atoms with Crippen molar-refractivity contribution >= 4 is 22.9 Å². The average molecular weight is 286 g/mol. The molecule has 0 saturated heterocycles. The van der Waals surface area contributed by atoms with Crippen molar-refractivity contribution < 1.29 is 4.39 Å². The Morgan fingerprint density at radius 2 is 1.80 bits per heavy atom. The summed E-state index contributed by atoms with van der Waals surface area (Å²) >= 11 is 4.99. The molecule has 0 aliphatic heterocycles. The number of hydrogen-bond acceptors (Lipinski definition) is 2. The van der Waals surface area contributed by atoms with Crippen molar-refractivity contribution in [1.82, 2.24) is 0 Å². The predicted octanol–water partition coefficient (Wildman–Crippen LogP) is 3.04. The van der Waals surface area contributed by atoms with Gasteiger partial charge in [0.25, 0.3) is 0 Å². The highest BCUT2D eigenvalue weighted by Gasteiger charge is 2.21.